The van der Waals surface area contributed by atoms with Crippen LogP contribution in [0.25, 0.3) is 11.1 Å². The number of rotatable bonds is 5. The molecule has 0 aliphatic carbocycles. The highest BCUT2D eigenvalue weighted by atomic mass is 16.7. The molecule has 0 heterocycles. The van der Waals surface area contributed by atoms with Gasteiger partial charge in [0, 0.05) is 0 Å². The summed E-state index contributed by atoms with van der Waals surface area (Å²) < 4.78 is 10.2. The van der Waals surface area contributed by atoms with Gasteiger partial charge < -0.3 is 14.6 Å². The second-order valence-corrected chi connectivity index (χ2v) is 5.53. The van der Waals surface area contributed by atoms with Crippen LogP contribution >= 0.6 is 0 Å². The van der Waals surface area contributed by atoms with Crippen LogP contribution in [-0.4, -0.2) is 17.2 Å². The fourth-order valence-corrected chi connectivity index (χ4v) is 2.36. The molecule has 0 unspecified atom stereocenters. The Morgan fingerprint density at radius 2 is 1.35 bits per heavy atom. The summed E-state index contributed by atoms with van der Waals surface area (Å²) in [5, 5.41) is 8.92. The highest BCUT2D eigenvalue weighted by molar-refractivity contribution is 5.88. The number of carboxylic acids is 1. The first-order chi connectivity index (χ1) is 12.6. The first-order valence-corrected chi connectivity index (χ1v) is 7.94. The second-order valence-electron chi connectivity index (χ2n) is 5.53. The van der Waals surface area contributed by atoms with Crippen molar-refractivity contribution in [3.05, 3.63) is 90.0 Å². The minimum atomic E-state index is -0.964. The van der Waals surface area contributed by atoms with E-state index in [2.05, 4.69) is 0 Å². The van der Waals surface area contributed by atoms with Crippen molar-refractivity contribution in [3.63, 3.8) is 0 Å². The molecular weight excluding hydrogens is 332 g/mol. The number of ether oxygens (including phenoxy) is 2. The summed E-state index contributed by atoms with van der Waals surface area (Å²) in [5.41, 5.74) is 2.86. The standard InChI is InChI=1S/C21H16O5/c22-20(23)18-8-6-16(7-9-18)17-10-12-19(13-11-17)26-21(24)25-14-15-4-2-1-3-5-15/h1-13H,14H2,(H,22,23). The third kappa shape index (κ3) is 4.48. The van der Waals surface area contributed by atoms with E-state index in [1.165, 1.54) is 0 Å². The van der Waals surface area contributed by atoms with Crippen molar-refractivity contribution < 1.29 is 24.2 Å². The zero-order valence-corrected chi connectivity index (χ0v) is 13.8. The Labute approximate surface area is 150 Å². The van der Waals surface area contributed by atoms with Gasteiger partial charge in [0.1, 0.15) is 12.4 Å². The molecule has 1 N–H and O–H groups in total. The number of carboxylic acid groups (broad SMARTS) is 1. The molecule has 0 aromatic heterocycles. The van der Waals surface area contributed by atoms with E-state index >= 15 is 0 Å². The van der Waals surface area contributed by atoms with Crippen molar-refractivity contribution in [2.24, 2.45) is 0 Å². The quantitative estimate of drug-likeness (QED) is 0.531. The Morgan fingerprint density at radius 1 is 0.769 bits per heavy atom. The molecule has 0 aliphatic heterocycles. The summed E-state index contributed by atoms with van der Waals surface area (Å²) in [6, 6.07) is 22.8. The molecule has 26 heavy (non-hydrogen) atoms. The van der Waals surface area contributed by atoms with E-state index in [1.807, 2.05) is 30.3 Å². The molecule has 0 bridgehead atoms. The highest BCUT2D eigenvalue weighted by Gasteiger charge is 2.08. The fraction of sp³-hybridized carbons (Fsp3) is 0.0476. The van der Waals surface area contributed by atoms with Crippen LogP contribution in [0.1, 0.15) is 15.9 Å². The maximum atomic E-state index is 11.7. The topological polar surface area (TPSA) is 72.8 Å². The molecule has 3 aromatic carbocycles. The van der Waals surface area contributed by atoms with Gasteiger partial charge in [-0.25, -0.2) is 9.59 Å². The Balaban J connectivity index is 1.58. The summed E-state index contributed by atoms with van der Waals surface area (Å²) >= 11 is 0. The van der Waals surface area contributed by atoms with Gasteiger partial charge in [0.2, 0.25) is 0 Å². The van der Waals surface area contributed by atoms with Crippen LogP contribution in [-0.2, 0) is 11.3 Å². The van der Waals surface area contributed by atoms with Crippen molar-refractivity contribution >= 4 is 12.1 Å². The normalized spacial score (nSPS) is 10.2. The van der Waals surface area contributed by atoms with E-state index in [0.29, 0.717) is 5.75 Å². The van der Waals surface area contributed by atoms with E-state index in [9.17, 15) is 9.59 Å². The van der Waals surface area contributed by atoms with Crippen molar-refractivity contribution in [2.75, 3.05) is 0 Å². The molecule has 5 heteroatoms. The molecule has 3 aromatic rings. The first kappa shape index (κ1) is 17.2. The molecule has 0 saturated carbocycles. The van der Waals surface area contributed by atoms with Gasteiger partial charge in [0.25, 0.3) is 0 Å². The molecule has 0 atom stereocenters. The highest BCUT2D eigenvalue weighted by Crippen LogP contribution is 2.23. The molecule has 0 amide bonds. The monoisotopic (exact) mass is 348 g/mol. The van der Waals surface area contributed by atoms with Gasteiger partial charge in [0.05, 0.1) is 5.56 Å². The Hall–Kier alpha value is -3.60. The number of hydrogen-bond donors (Lipinski definition) is 1. The van der Waals surface area contributed by atoms with Crippen LogP contribution in [0.2, 0.25) is 0 Å². The number of hydrogen-bond acceptors (Lipinski definition) is 4. The van der Waals surface area contributed by atoms with Gasteiger partial charge in [-0.3, -0.25) is 0 Å². The lowest BCUT2D eigenvalue weighted by Gasteiger charge is -2.07. The van der Waals surface area contributed by atoms with E-state index in [-0.39, 0.29) is 12.2 Å². The SMILES string of the molecule is O=C(OCc1ccccc1)Oc1ccc(-c2ccc(C(=O)O)cc2)cc1. The molecule has 0 spiro atoms. The van der Waals surface area contributed by atoms with Crippen LogP contribution in [0.4, 0.5) is 4.79 Å². The number of benzene rings is 3. The molecule has 0 radical (unpaired) electrons. The van der Waals surface area contributed by atoms with Gasteiger partial charge in [-0.2, -0.15) is 0 Å². The zero-order valence-electron chi connectivity index (χ0n) is 13.8. The Bertz CT molecular complexity index is 884. The van der Waals surface area contributed by atoms with E-state index in [4.69, 9.17) is 14.6 Å². The van der Waals surface area contributed by atoms with E-state index in [1.54, 1.807) is 48.5 Å². The third-order valence-electron chi connectivity index (χ3n) is 3.72. The minimum Gasteiger partial charge on any atom is -0.478 e. The van der Waals surface area contributed by atoms with E-state index in [0.717, 1.165) is 16.7 Å². The van der Waals surface area contributed by atoms with Crippen LogP contribution in [0.5, 0.6) is 5.75 Å². The minimum absolute atomic E-state index is 0.147. The fourth-order valence-electron chi connectivity index (χ4n) is 2.36. The number of carbonyl (C=O) groups excluding carboxylic acids is 1. The first-order valence-electron chi connectivity index (χ1n) is 7.94. The molecule has 0 saturated heterocycles. The summed E-state index contributed by atoms with van der Waals surface area (Å²) in [6.07, 6.45) is -0.771. The molecule has 130 valence electrons. The number of carbonyl (C=O) groups is 2. The van der Waals surface area contributed by atoms with E-state index < -0.39 is 12.1 Å². The summed E-state index contributed by atoms with van der Waals surface area (Å²) in [7, 11) is 0. The average molecular weight is 348 g/mol. The van der Waals surface area contributed by atoms with Crippen molar-refractivity contribution in [1.82, 2.24) is 0 Å². The summed E-state index contributed by atoms with van der Waals surface area (Å²) in [6.45, 7) is 0.147. The lowest BCUT2D eigenvalue weighted by atomic mass is 10.0. The lowest BCUT2D eigenvalue weighted by Crippen LogP contribution is -2.10. The summed E-state index contributed by atoms with van der Waals surface area (Å²) in [5.74, 6) is -0.594. The van der Waals surface area contributed by atoms with Gasteiger partial charge in [-0.05, 0) is 41.0 Å². The van der Waals surface area contributed by atoms with Crippen molar-refractivity contribution in [2.45, 2.75) is 6.61 Å². The molecule has 3 rings (SSSR count). The van der Waals surface area contributed by atoms with Gasteiger partial charge >= 0.3 is 12.1 Å². The Kier molecular flexibility index (Phi) is 5.29. The average Bonchev–Trinajstić information content (AvgIpc) is 2.68. The van der Waals surface area contributed by atoms with Crippen LogP contribution in [0, 0.1) is 0 Å². The maximum Gasteiger partial charge on any atom is 0.514 e. The van der Waals surface area contributed by atoms with Crippen LogP contribution in [0.15, 0.2) is 78.9 Å². The van der Waals surface area contributed by atoms with Crippen molar-refractivity contribution in [3.8, 4) is 16.9 Å². The third-order valence-corrected chi connectivity index (χ3v) is 3.72. The second kappa shape index (κ2) is 7.98. The van der Waals surface area contributed by atoms with Gasteiger partial charge in [0.15, 0.2) is 0 Å². The maximum absolute atomic E-state index is 11.7. The number of aromatic carboxylic acids is 1. The predicted molar refractivity (Wildman–Crippen MR) is 96.1 cm³/mol. The lowest BCUT2D eigenvalue weighted by molar-refractivity contribution is 0.0696. The summed E-state index contributed by atoms with van der Waals surface area (Å²) in [4.78, 5) is 22.6. The van der Waals surface area contributed by atoms with Gasteiger partial charge in [-0.15, -0.1) is 0 Å². The molecule has 0 aliphatic rings. The van der Waals surface area contributed by atoms with Gasteiger partial charge in [-0.1, -0.05) is 54.6 Å². The molecule has 5 nitrogen and oxygen atoms in total. The largest absolute Gasteiger partial charge is 0.514 e. The van der Waals surface area contributed by atoms with Crippen molar-refractivity contribution in [1.29, 1.82) is 0 Å². The van der Waals surface area contributed by atoms with Crippen LogP contribution < -0.4 is 4.74 Å². The smallest absolute Gasteiger partial charge is 0.478 e. The molecular formula is C21H16O5. The molecule has 0 fully saturated rings. The predicted octanol–water partition coefficient (Wildman–Crippen LogP) is 4.77. The zero-order chi connectivity index (χ0) is 18.4. The Morgan fingerprint density at radius 3 is 1.92 bits per heavy atom. The van der Waals surface area contributed by atoms with Crippen LogP contribution in [0.3, 0.4) is 0 Å².